The summed E-state index contributed by atoms with van der Waals surface area (Å²) in [6, 6.07) is 29.1. The van der Waals surface area contributed by atoms with Crippen LogP contribution in [0.5, 0.6) is 0 Å². The minimum atomic E-state index is -3.38. The molecule has 1 saturated heterocycles. The van der Waals surface area contributed by atoms with Crippen molar-refractivity contribution < 1.29 is 85.8 Å². The summed E-state index contributed by atoms with van der Waals surface area (Å²) in [4.78, 5) is 56.8. The third kappa shape index (κ3) is 37.0. The number of ether oxygens (including phenoxy) is 3. The molecule has 7 rings (SSSR count). The van der Waals surface area contributed by atoms with Gasteiger partial charge in [0, 0.05) is 79.9 Å². The summed E-state index contributed by atoms with van der Waals surface area (Å²) in [5.41, 5.74) is 6.58. The molecular weight excluding hydrogens is 1470 g/mol. The van der Waals surface area contributed by atoms with Crippen LogP contribution in [0.25, 0.3) is 22.0 Å². The molecule has 518 valence electrons. The Labute approximate surface area is 628 Å². The number of H-pyrrole nitrogens is 1. The zero-order valence-corrected chi connectivity index (χ0v) is 67.2. The first kappa shape index (κ1) is 91.3. The van der Waals surface area contributed by atoms with Crippen molar-refractivity contribution in [3.63, 3.8) is 0 Å². The van der Waals surface area contributed by atoms with Crippen LogP contribution in [0, 0.1) is 13.5 Å². The number of carbonyl (C=O) groups is 4. The summed E-state index contributed by atoms with van der Waals surface area (Å²) in [5, 5.41) is 12.7. The normalized spacial score (nSPS) is 12.7. The van der Waals surface area contributed by atoms with Crippen LogP contribution in [0.3, 0.4) is 0 Å². The van der Waals surface area contributed by atoms with Gasteiger partial charge in [-0.25, -0.2) is 29.4 Å². The predicted molar refractivity (Wildman–Crippen MR) is 392 cm³/mol. The predicted octanol–water partition coefficient (Wildman–Crippen LogP) is 13.2. The number of aromatic nitrogens is 1. The summed E-state index contributed by atoms with van der Waals surface area (Å²) in [5.74, 6) is 0.0245. The second kappa shape index (κ2) is 45.9. The third-order valence-corrected chi connectivity index (χ3v) is 17.0. The van der Waals surface area contributed by atoms with Gasteiger partial charge in [0.25, 0.3) is 9.84 Å². The fourth-order valence-electron chi connectivity index (χ4n) is 7.55. The number of carbonyl (C=O) groups excluding carboxylic acids is 4. The molecule has 1 N–H and O–H groups in total. The second-order valence-electron chi connectivity index (χ2n) is 23.6. The summed E-state index contributed by atoms with van der Waals surface area (Å²) in [6.07, 6.45) is 8.60. The van der Waals surface area contributed by atoms with Gasteiger partial charge in [0.1, 0.15) is 6.29 Å². The molecule has 26 heteroatoms. The van der Waals surface area contributed by atoms with Gasteiger partial charge >= 0.3 is 60.5 Å². The number of aryl methyl sites for hydroxylation is 1. The molecule has 17 nitrogen and oxygen atoms in total. The third-order valence-electron chi connectivity index (χ3n) is 12.4. The fourth-order valence-corrected chi connectivity index (χ4v) is 9.88. The summed E-state index contributed by atoms with van der Waals surface area (Å²) >= 11 is 30.5. The van der Waals surface area contributed by atoms with E-state index in [1.165, 1.54) is 29.8 Å². The maximum Gasteiger partial charge on any atom is 1.00 e. The fraction of sp³-hybridized carbons (Fsp3) is 0.386. The van der Waals surface area contributed by atoms with E-state index >= 15 is 0 Å². The molecule has 5 aromatic carbocycles. The summed E-state index contributed by atoms with van der Waals surface area (Å²) < 4.78 is 50.4. The molecule has 1 aromatic heterocycles. The maximum atomic E-state index is 12.0. The zero-order chi connectivity index (χ0) is 72.4. The molecule has 1 fully saturated rings. The molecule has 1 aliphatic heterocycles. The Bertz CT molecular complexity index is 3600. The SMILES string of the molecule is CC(C)(C)[O-].CCOC(=O)/C=C/B1OC(C)(C)C(C)(C)O1.CCOC(=O)/C=C/c1cc(CN(C)C)ccc1Cl.CCOC(=O)c1c[nH]cc1-c1cc(CN(C)C)ccc1Cl.CN(C)Cc1ccc(Cl)c(Br)c1.O=Cc1ccc(Cl)c(Br)c1.[C-]#[N+]CS(=O)(=O)c1ccc(C)cc1.[Na+]. The Kier molecular flexibility index (Phi) is 43.7. The molecule has 0 unspecified atom stereocenters. The van der Waals surface area contributed by atoms with E-state index in [1.54, 1.807) is 96.3 Å². The van der Waals surface area contributed by atoms with Crippen molar-refractivity contribution in [2.75, 3.05) is 68.0 Å². The number of hydrogen-bond donors (Lipinski definition) is 1. The number of halogens is 6. The van der Waals surface area contributed by atoms with Crippen molar-refractivity contribution in [3.8, 4) is 11.1 Å². The number of esters is 3. The largest absolute Gasteiger partial charge is 1.00 e. The first-order valence-corrected chi connectivity index (χ1v) is 34.6. The molecule has 0 atom stereocenters. The second-order valence-corrected chi connectivity index (χ2v) is 28.9. The van der Waals surface area contributed by atoms with Crippen LogP contribution < -0.4 is 34.7 Å². The van der Waals surface area contributed by atoms with Gasteiger partial charge < -0.3 is 48.3 Å². The number of rotatable bonds is 18. The van der Waals surface area contributed by atoms with Crippen molar-refractivity contribution in [3.05, 3.63) is 207 Å². The van der Waals surface area contributed by atoms with E-state index in [4.69, 9.17) is 76.5 Å². The minimum absolute atomic E-state index is 0. The maximum absolute atomic E-state index is 12.0. The van der Waals surface area contributed by atoms with Crippen LogP contribution in [0.4, 0.5) is 0 Å². The molecule has 1 aliphatic rings. The Hall–Kier alpha value is -4.68. The topological polar surface area (TPSA) is 202 Å². The number of nitrogens with one attached hydrogen (secondary N) is 1. The van der Waals surface area contributed by atoms with E-state index in [0.29, 0.717) is 46.0 Å². The Morgan fingerprint density at radius 1 is 0.656 bits per heavy atom. The van der Waals surface area contributed by atoms with Crippen molar-refractivity contribution in [2.24, 2.45) is 0 Å². The molecular formula is C70H89BBr2Cl4N5NaO12S. The molecule has 0 bridgehead atoms. The van der Waals surface area contributed by atoms with Crippen LogP contribution in [0.15, 0.2) is 141 Å². The van der Waals surface area contributed by atoms with Crippen molar-refractivity contribution in [2.45, 2.75) is 117 Å². The molecule has 0 spiro atoms. The molecule has 0 amide bonds. The van der Waals surface area contributed by atoms with Crippen LogP contribution in [-0.4, -0.2) is 144 Å². The van der Waals surface area contributed by atoms with Gasteiger partial charge in [-0.2, -0.15) is 0 Å². The van der Waals surface area contributed by atoms with Crippen LogP contribution in [0.2, 0.25) is 20.1 Å². The van der Waals surface area contributed by atoms with Gasteiger partial charge in [-0.3, -0.25) is 9.64 Å². The number of benzene rings is 5. The molecule has 0 aliphatic carbocycles. The number of sulfone groups is 1. The Balaban J connectivity index is 0.00000112. The van der Waals surface area contributed by atoms with E-state index in [0.717, 1.165) is 73.3 Å². The van der Waals surface area contributed by atoms with Gasteiger partial charge in [0.2, 0.25) is 0 Å². The average Bonchev–Trinajstić information content (AvgIpc) is 1.64. The monoisotopic (exact) mass is 1560 g/mol. The number of hydrogen-bond acceptors (Lipinski definition) is 15. The van der Waals surface area contributed by atoms with Gasteiger partial charge in [-0.1, -0.05) is 109 Å². The molecule has 2 heterocycles. The van der Waals surface area contributed by atoms with Crippen molar-refractivity contribution in [1.82, 2.24) is 19.7 Å². The van der Waals surface area contributed by atoms with E-state index in [-0.39, 0.29) is 63.6 Å². The number of aldehydes is 1. The van der Waals surface area contributed by atoms with E-state index < -0.39 is 28.4 Å². The quantitative estimate of drug-likeness (QED) is 0.0212. The van der Waals surface area contributed by atoms with E-state index in [9.17, 15) is 32.7 Å². The standard InChI is InChI=1S/C16H19ClN2O2.C14H18ClNO2.C11H19BO4.C9H11BrClN.C9H9NO2S.C7H4BrClO.C4H9O.Na/c1-4-21-16(20)14-9-18-8-13(14)12-7-11(10-19(2)3)5-6-15(12)17;1-4-18-14(17)8-6-12-9-11(10-16(2)3)5-7-13(12)15;1-6-14-9(13)7-8-12-15-10(2,3)11(4,5)16-12;1-12(2)6-7-3-4-9(11)8(10)5-7;1-8-3-5-9(6-4-8)13(11,12)7-10-2;8-6-3-5(4-10)1-2-7(6)9;1-4(2,3)5;/h5-9,18H,4,10H2,1-3H3;5-9H,4,10H2,1-3H3;7-8H,6H2,1-5H3;3-5H,6H2,1-2H3;3-6H,7H2,1H3;1-4H;1-3H3;/q;;;;;;-1;+1/b;8-6+;8-7+;;;;;. The molecule has 6 aromatic rings. The van der Waals surface area contributed by atoms with Gasteiger partial charge in [0.05, 0.1) is 51.5 Å². The van der Waals surface area contributed by atoms with E-state index in [2.05, 4.69) is 56.4 Å². The number of nitrogens with zero attached hydrogens (tertiary/aromatic N) is 4. The number of aromatic amines is 1. The average molecular weight is 1560 g/mol. The smallest absolute Gasteiger partial charge is 0.850 e. The molecule has 0 radical (unpaired) electrons. The van der Waals surface area contributed by atoms with Crippen LogP contribution in [-0.2, 0) is 62.6 Å². The van der Waals surface area contributed by atoms with Gasteiger partial charge in [-0.05, 0) is 225 Å². The van der Waals surface area contributed by atoms with Crippen molar-refractivity contribution >= 4 is 125 Å². The Morgan fingerprint density at radius 3 is 1.54 bits per heavy atom. The van der Waals surface area contributed by atoms with E-state index in [1.807, 2.05) is 132 Å². The first-order chi connectivity index (χ1) is 44.2. The Morgan fingerprint density at radius 2 is 1.09 bits per heavy atom. The minimum Gasteiger partial charge on any atom is -0.850 e. The summed E-state index contributed by atoms with van der Waals surface area (Å²) in [6.45, 7) is 30.1. The summed E-state index contributed by atoms with van der Waals surface area (Å²) in [7, 11) is 8.24. The van der Waals surface area contributed by atoms with Gasteiger partial charge in [0.15, 0.2) is 0 Å². The molecule has 96 heavy (non-hydrogen) atoms. The zero-order valence-electron chi connectivity index (χ0n) is 58.2. The first-order valence-electron chi connectivity index (χ1n) is 29.8. The van der Waals surface area contributed by atoms with Crippen LogP contribution >= 0.6 is 78.3 Å². The van der Waals surface area contributed by atoms with Gasteiger partial charge in [-0.15, -0.1) is 5.60 Å². The van der Waals surface area contributed by atoms with Crippen LogP contribution in [0.1, 0.15) is 118 Å². The molecule has 0 saturated carbocycles. The van der Waals surface area contributed by atoms with Crippen molar-refractivity contribution in [1.29, 1.82) is 0 Å².